The van der Waals surface area contributed by atoms with Crippen molar-refractivity contribution in [3.63, 3.8) is 0 Å². The fraction of sp³-hybridized carbons (Fsp3) is 0.190. The van der Waals surface area contributed by atoms with E-state index >= 15 is 0 Å². The van der Waals surface area contributed by atoms with E-state index < -0.39 is 6.43 Å². The highest BCUT2D eigenvalue weighted by Crippen LogP contribution is 2.34. The third-order valence-electron chi connectivity index (χ3n) is 4.85. The molecule has 0 aliphatic carbocycles. The van der Waals surface area contributed by atoms with E-state index in [1.807, 2.05) is 31.2 Å². The van der Waals surface area contributed by atoms with Crippen molar-refractivity contribution in [2.24, 2.45) is 0 Å². The van der Waals surface area contributed by atoms with Gasteiger partial charge in [-0.25, -0.2) is 13.5 Å². The summed E-state index contributed by atoms with van der Waals surface area (Å²) in [6.07, 6.45) is -1.09. The number of para-hydroxylation sites is 1. The van der Waals surface area contributed by atoms with Crippen LogP contribution in [0.2, 0.25) is 0 Å². The third kappa shape index (κ3) is 3.18. The molecule has 2 aromatic carbocycles. The first kappa shape index (κ1) is 18.3. The van der Waals surface area contributed by atoms with Gasteiger partial charge in [-0.1, -0.05) is 29.4 Å². The van der Waals surface area contributed by atoms with Gasteiger partial charge in [-0.15, -0.1) is 0 Å². The quantitative estimate of drug-likeness (QED) is 0.483. The zero-order valence-corrected chi connectivity index (χ0v) is 15.9. The lowest BCUT2D eigenvalue weighted by Crippen LogP contribution is -2.05. The van der Waals surface area contributed by atoms with Crippen molar-refractivity contribution in [2.45, 2.75) is 19.8 Å². The largest absolute Gasteiger partial charge is 0.454 e. The second-order valence-corrected chi connectivity index (χ2v) is 6.82. The molecule has 0 spiro atoms. The average Bonchev–Trinajstić information content (AvgIpc) is 3.47. The molecule has 0 fully saturated rings. The number of ether oxygens (including phenoxy) is 2. The van der Waals surface area contributed by atoms with Crippen LogP contribution in [0.1, 0.15) is 29.1 Å². The van der Waals surface area contributed by atoms with E-state index in [1.165, 1.54) is 10.9 Å². The molecule has 0 unspecified atom stereocenters. The van der Waals surface area contributed by atoms with Crippen LogP contribution < -0.4 is 9.47 Å². The van der Waals surface area contributed by atoms with Gasteiger partial charge >= 0.3 is 0 Å². The van der Waals surface area contributed by atoms with Gasteiger partial charge in [0.25, 0.3) is 12.3 Å². The Morgan fingerprint density at radius 2 is 1.93 bits per heavy atom. The normalized spacial score (nSPS) is 12.7. The maximum atomic E-state index is 13.9. The molecule has 7 nitrogen and oxygen atoms in total. The molecular formula is C21H16F2N4O3. The summed E-state index contributed by atoms with van der Waals surface area (Å²) in [5.74, 6) is 1.70. The van der Waals surface area contributed by atoms with Gasteiger partial charge in [-0.2, -0.15) is 10.1 Å². The molecule has 0 saturated heterocycles. The van der Waals surface area contributed by atoms with Crippen LogP contribution in [0.3, 0.4) is 0 Å². The van der Waals surface area contributed by atoms with Crippen molar-refractivity contribution in [1.82, 2.24) is 19.9 Å². The Bertz CT molecular complexity index is 1220. The van der Waals surface area contributed by atoms with Crippen LogP contribution in [0.15, 0.2) is 53.2 Å². The summed E-state index contributed by atoms with van der Waals surface area (Å²) < 4.78 is 45.0. The topological polar surface area (TPSA) is 75.2 Å². The predicted octanol–water partition coefficient (Wildman–Crippen LogP) is 4.49. The second kappa shape index (κ2) is 7.25. The van der Waals surface area contributed by atoms with Gasteiger partial charge in [0.2, 0.25) is 6.79 Å². The summed E-state index contributed by atoms with van der Waals surface area (Å²) in [6, 6.07) is 12.7. The fourth-order valence-corrected chi connectivity index (χ4v) is 3.39. The van der Waals surface area contributed by atoms with Crippen LogP contribution in [0.5, 0.6) is 11.5 Å². The lowest BCUT2D eigenvalue weighted by molar-refractivity contribution is 0.143. The molecular weight excluding hydrogens is 394 g/mol. The zero-order chi connectivity index (χ0) is 20.7. The minimum absolute atomic E-state index is 0.000813. The Hall–Kier alpha value is -3.75. The molecule has 0 radical (unpaired) electrons. The van der Waals surface area contributed by atoms with Crippen molar-refractivity contribution >= 4 is 0 Å². The molecule has 152 valence electrons. The number of hydrogen-bond acceptors (Lipinski definition) is 6. The van der Waals surface area contributed by atoms with Crippen LogP contribution in [0, 0.1) is 6.92 Å². The van der Waals surface area contributed by atoms with Gasteiger partial charge in [0.05, 0.1) is 17.4 Å². The van der Waals surface area contributed by atoms with E-state index in [9.17, 15) is 8.78 Å². The van der Waals surface area contributed by atoms with Gasteiger partial charge in [0.1, 0.15) is 5.69 Å². The Labute approximate surface area is 169 Å². The summed E-state index contributed by atoms with van der Waals surface area (Å²) in [4.78, 5) is 4.31. The monoisotopic (exact) mass is 410 g/mol. The molecule has 0 N–H and O–H groups in total. The maximum Gasteiger partial charge on any atom is 0.281 e. The van der Waals surface area contributed by atoms with E-state index in [0.29, 0.717) is 29.4 Å². The van der Waals surface area contributed by atoms with Crippen molar-refractivity contribution in [3.8, 4) is 28.6 Å². The van der Waals surface area contributed by atoms with Crippen LogP contribution in [-0.2, 0) is 6.42 Å². The van der Waals surface area contributed by atoms with E-state index in [0.717, 1.165) is 11.1 Å². The van der Waals surface area contributed by atoms with Crippen LogP contribution in [0.25, 0.3) is 17.1 Å². The average molecular weight is 410 g/mol. The second-order valence-electron chi connectivity index (χ2n) is 6.82. The molecule has 5 rings (SSSR count). The number of nitrogens with zero attached hydrogens (tertiary/aromatic N) is 4. The summed E-state index contributed by atoms with van der Waals surface area (Å²) in [6.45, 7) is 2.02. The van der Waals surface area contributed by atoms with E-state index in [-0.39, 0.29) is 23.9 Å². The number of alkyl halides is 2. The van der Waals surface area contributed by atoms with Crippen LogP contribution in [-0.4, -0.2) is 26.7 Å². The number of aromatic nitrogens is 4. The summed E-state index contributed by atoms with van der Waals surface area (Å²) >= 11 is 0. The molecule has 2 aromatic heterocycles. The van der Waals surface area contributed by atoms with Crippen LogP contribution >= 0.6 is 0 Å². The minimum Gasteiger partial charge on any atom is -0.454 e. The molecule has 4 aromatic rings. The maximum absolute atomic E-state index is 13.9. The van der Waals surface area contributed by atoms with Gasteiger partial charge < -0.3 is 14.0 Å². The van der Waals surface area contributed by atoms with Crippen molar-refractivity contribution in [3.05, 3.63) is 71.3 Å². The third-order valence-corrected chi connectivity index (χ3v) is 4.85. The molecule has 9 heteroatoms. The van der Waals surface area contributed by atoms with Crippen molar-refractivity contribution in [1.29, 1.82) is 0 Å². The van der Waals surface area contributed by atoms with Gasteiger partial charge in [0.15, 0.2) is 17.3 Å². The first-order valence-electron chi connectivity index (χ1n) is 9.23. The number of rotatable bonds is 5. The molecule has 0 saturated carbocycles. The van der Waals surface area contributed by atoms with Gasteiger partial charge in [-0.3, -0.25) is 0 Å². The summed E-state index contributed by atoms with van der Waals surface area (Å²) in [5, 5.41) is 8.10. The smallest absolute Gasteiger partial charge is 0.281 e. The molecule has 1 aliphatic rings. The zero-order valence-electron chi connectivity index (χ0n) is 15.9. The highest BCUT2D eigenvalue weighted by Gasteiger charge is 2.26. The van der Waals surface area contributed by atoms with E-state index in [4.69, 9.17) is 14.0 Å². The summed E-state index contributed by atoms with van der Waals surface area (Å²) in [5.41, 5.74) is 2.10. The number of benzene rings is 2. The molecule has 30 heavy (non-hydrogen) atoms. The number of aryl methyl sites for hydroxylation is 1. The fourth-order valence-electron chi connectivity index (χ4n) is 3.39. The molecule has 0 amide bonds. The Morgan fingerprint density at radius 1 is 1.10 bits per heavy atom. The Balaban J connectivity index is 1.47. The highest BCUT2D eigenvalue weighted by atomic mass is 19.3. The Morgan fingerprint density at radius 3 is 2.77 bits per heavy atom. The van der Waals surface area contributed by atoms with E-state index in [1.54, 1.807) is 18.2 Å². The van der Waals surface area contributed by atoms with Crippen LogP contribution in [0.4, 0.5) is 8.78 Å². The lowest BCUT2D eigenvalue weighted by Gasteiger charge is -2.10. The van der Waals surface area contributed by atoms with E-state index in [2.05, 4.69) is 15.2 Å². The molecule has 0 bridgehead atoms. The van der Waals surface area contributed by atoms with Crippen molar-refractivity contribution in [2.75, 3.05) is 6.79 Å². The molecule has 3 heterocycles. The van der Waals surface area contributed by atoms with Gasteiger partial charge in [0, 0.05) is 6.42 Å². The van der Waals surface area contributed by atoms with Crippen molar-refractivity contribution < 1.29 is 22.8 Å². The molecule has 0 atom stereocenters. The number of hydrogen-bond donors (Lipinski definition) is 0. The predicted molar refractivity (Wildman–Crippen MR) is 102 cm³/mol. The number of halogens is 2. The standard InChI is InChI=1S/C21H16F2N4O3/c1-12-4-2-3-5-15(12)27-19(20(22)23)14(10-24-27)21-25-18(26-30-21)9-13-6-7-16-17(8-13)29-11-28-16/h2-8,10,20H,9,11H2,1H3. The van der Waals surface area contributed by atoms with Gasteiger partial charge in [-0.05, 0) is 36.2 Å². The summed E-state index contributed by atoms with van der Waals surface area (Å²) in [7, 11) is 0. The number of fused-ring (bicyclic) bond motifs is 1. The molecule has 1 aliphatic heterocycles. The first-order valence-corrected chi connectivity index (χ1v) is 9.23. The minimum atomic E-state index is -2.77. The SMILES string of the molecule is Cc1ccccc1-n1ncc(-c2nc(Cc3ccc4c(c3)OCO4)no2)c1C(F)F. The highest BCUT2D eigenvalue weighted by molar-refractivity contribution is 5.58. The Kier molecular flexibility index (Phi) is 4.42. The first-order chi connectivity index (χ1) is 14.6. The lowest BCUT2D eigenvalue weighted by atomic mass is 10.1.